The van der Waals surface area contributed by atoms with Gasteiger partial charge in [-0.1, -0.05) is 51.5 Å². The van der Waals surface area contributed by atoms with E-state index in [2.05, 4.69) is 25.7 Å². The van der Waals surface area contributed by atoms with E-state index in [9.17, 15) is 14.7 Å². The second-order valence-corrected chi connectivity index (χ2v) is 8.88. The lowest BCUT2D eigenvalue weighted by Crippen LogP contribution is -2.33. The Kier molecular flexibility index (Phi) is 9.94. The smallest absolute Gasteiger partial charge is 0.295 e. The van der Waals surface area contributed by atoms with Crippen molar-refractivity contribution in [2.24, 2.45) is 0 Å². The SMILES string of the molecule is CCCCOc1cccc(C(O)=C2C(=O)C(=O)N(CCCN(CC)CC)C2c2ccc(OC)cc2)c1. The second-order valence-electron chi connectivity index (χ2n) is 8.88. The minimum atomic E-state index is -0.683. The lowest BCUT2D eigenvalue weighted by atomic mass is 9.95. The number of ketones is 1. The van der Waals surface area contributed by atoms with E-state index in [0.29, 0.717) is 30.2 Å². The number of likely N-dealkylation sites (tertiary alicyclic amines) is 1. The van der Waals surface area contributed by atoms with E-state index >= 15 is 0 Å². The molecule has 0 aliphatic carbocycles. The zero-order valence-electron chi connectivity index (χ0n) is 21.8. The van der Waals surface area contributed by atoms with Gasteiger partial charge in [-0.05, 0) is 62.3 Å². The lowest BCUT2D eigenvalue weighted by Gasteiger charge is -2.27. The third-order valence-electron chi connectivity index (χ3n) is 6.61. The van der Waals surface area contributed by atoms with Crippen LogP contribution in [0.4, 0.5) is 0 Å². The van der Waals surface area contributed by atoms with Crippen molar-refractivity contribution >= 4 is 17.4 Å². The summed E-state index contributed by atoms with van der Waals surface area (Å²) in [5.74, 6) is -0.168. The van der Waals surface area contributed by atoms with Gasteiger partial charge in [0.2, 0.25) is 0 Å². The summed E-state index contributed by atoms with van der Waals surface area (Å²) in [6, 6.07) is 13.6. The Hall–Kier alpha value is -3.32. The monoisotopic (exact) mass is 494 g/mol. The number of rotatable bonds is 13. The van der Waals surface area contributed by atoms with Crippen LogP contribution in [0, 0.1) is 0 Å². The van der Waals surface area contributed by atoms with Crippen LogP contribution in [0.2, 0.25) is 0 Å². The van der Waals surface area contributed by atoms with Crippen LogP contribution in [0.3, 0.4) is 0 Å². The quantitative estimate of drug-likeness (QED) is 0.182. The molecule has 3 rings (SSSR count). The summed E-state index contributed by atoms with van der Waals surface area (Å²) in [6.07, 6.45) is 2.66. The Labute approximate surface area is 214 Å². The molecule has 1 N–H and O–H groups in total. The molecule has 0 bridgehead atoms. The normalized spacial score (nSPS) is 17.1. The van der Waals surface area contributed by atoms with Crippen molar-refractivity contribution in [2.75, 3.05) is 39.9 Å². The van der Waals surface area contributed by atoms with Crippen molar-refractivity contribution in [3.8, 4) is 11.5 Å². The first-order chi connectivity index (χ1) is 17.4. The zero-order chi connectivity index (χ0) is 26.1. The number of carbonyl (C=O) groups excluding carboxylic acids is 2. The fraction of sp³-hybridized carbons (Fsp3) is 0.448. The molecule has 36 heavy (non-hydrogen) atoms. The number of benzene rings is 2. The van der Waals surface area contributed by atoms with Gasteiger partial charge in [0.05, 0.1) is 25.3 Å². The number of methoxy groups -OCH3 is 1. The largest absolute Gasteiger partial charge is 0.507 e. The number of unbranched alkanes of at least 4 members (excludes halogenated alkanes) is 1. The maximum atomic E-state index is 13.3. The van der Waals surface area contributed by atoms with Crippen LogP contribution in [-0.2, 0) is 9.59 Å². The van der Waals surface area contributed by atoms with Crippen molar-refractivity contribution in [3.63, 3.8) is 0 Å². The third-order valence-corrected chi connectivity index (χ3v) is 6.61. The van der Waals surface area contributed by atoms with Crippen LogP contribution in [0.5, 0.6) is 11.5 Å². The van der Waals surface area contributed by atoms with Crippen LogP contribution in [-0.4, -0.2) is 66.5 Å². The first-order valence-electron chi connectivity index (χ1n) is 12.8. The van der Waals surface area contributed by atoms with E-state index < -0.39 is 17.7 Å². The van der Waals surface area contributed by atoms with Gasteiger partial charge in [0.15, 0.2) is 0 Å². The van der Waals surface area contributed by atoms with Gasteiger partial charge in [-0.2, -0.15) is 0 Å². The third kappa shape index (κ3) is 6.26. The first-order valence-corrected chi connectivity index (χ1v) is 12.8. The van der Waals surface area contributed by atoms with Gasteiger partial charge in [0.1, 0.15) is 17.3 Å². The molecule has 7 heteroatoms. The van der Waals surface area contributed by atoms with Gasteiger partial charge in [0.25, 0.3) is 11.7 Å². The lowest BCUT2D eigenvalue weighted by molar-refractivity contribution is -0.140. The number of aliphatic hydroxyl groups excluding tert-OH is 1. The highest BCUT2D eigenvalue weighted by Crippen LogP contribution is 2.40. The zero-order valence-corrected chi connectivity index (χ0v) is 21.8. The fourth-order valence-corrected chi connectivity index (χ4v) is 4.47. The predicted octanol–water partition coefficient (Wildman–Crippen LogP) is 5.03. The molecule has 1 unspecified atom stereocenters. The molecule has 1 fully saturated rings. The molecule has 1 saturated heterocycles. The molecule has 0 aromatic heterocycles. The molecule has 1 heterocycles. The van der Waals surface area contributed by atoms with Crippen molar-refractivity contribution in [1.29, 1.82) is 0 Å². The van der Waals surface area contributed by atoms with Crippen molar-refractivity contribution in [3.05, 3.63) is 65.2 Å². The average Bonchev–Trinajstić information content (AvgIpc) is 3.16. The minimum absolute atomic E-state index is 0.0960. The number of aliphatic hydroxyl groups is 1. The Morgan fingerprint density at radius 2 is 1.72 bits per heavy atom. The van der Waals surface area contributed by atoms with Gasteiger partial charge in [-0.3, -0.25) is 9.59 Å². The van der Waals surface area contributed by atoms with Gasteiger partial charge in [0, 0.05) is 12.1 Å². The molecule has 2 aromatic carbocycles. The van der Waals surface area contributed by atoms with Gasteiger partial charge in [-0.15, -0.1) is 0 Å². The van der Waals surface area contributed by atoms with Crippen LogP contribution in [0.15, 0.2) is 54.1 Å². The molecule has 0 saturated carbocycles. The Bertz CT molecular complexity index is 1060. The molecule has 1 amide bonds. The number of nitrogens with zero attached hydrogens (tertiary/aromatic N) is 2. The Morgan fingerprint density at radius 1 is 1.00 bits per heavy atom. The Morgan fingerprint density at radius 3 is 2.36 bits per heavy atom. The molecular weight excluding hydrogens is 456 g/mol. The van der Waals surface area contributed by atoms with Crippen LogP contribution >= 0.6 is 0 Å². The van der Waals surface area contributed by atoms with E-state index in [-0.39, 0.29) is 11.3 Å². The summed E-state index contributed by atoms with van der Waals surface area (Å²) >= 11 is 0. The van der Waals surface area contributed by atoms with E-state index in [1.807, 2.05) is 18.2 Å². The van der Waals surface area contributed by atoms with Crippen molar-refractivity contribution in [2.45, 2.75) is 46.1 Å². The summed E-state index contributed by atoms with van der Waals surface area (Å²) in [4.78, 5) is 30.3. The summed E-state index contributed by atoms with van der Waals surface area (Å²) in [5, 5.41) is 11.3. The number of ether oxygens (including phenoxy) is 2. The number of amides is 1. The summed E-state index contributed by atoms with van der Waals surface area (Å²) < 4.78 is 11.1. The molecule has 1 aliphatic rings. The number of Topliss-reactive ketones (excluding diaryl/α,β-unsaturated/α-hetero) is 1. The van der Waals surface area contributed by atoms with E-state index in [4.69, 9.17) is 9.47 Å². The van der Waals surface area contributed by atoms with Gasteiger partial charge < -0.3 is 24.4 Å². The minimum Gasteiger partial charge on any atom is -0.507 e. The molecule has 0 radical (unpaired) electrons. The summed E-state index contributed by atoms with van der Waals surface area (Å²) in [6.45, 7) is 9.95. The highest BCUT2D eigenvalue weighted by molar-refractivity contribution is 6.46. The van der Waals surface area contributed by atoms with Crippen LogP contribution in [0.1, 0.15) is 57.2 Å². The standard InChI is InChI=1S/C29H38N2O5/c1-5-8-19-36-24-12-9-11-22(20-24)27(32)25-26(21-13-15-23(35-4)16-14-21)31(29(34)28(25)33)18-10-17-30(6-2)7-3/h9,11-16,20,26,32H,5-8,10,17-19H2,1-4H3. The molecule has 0 spiro atoms. The topological polar surface area (TPSA) is 79.3 Å². The maximum Gasteiger partial charge on any atom is 0.295 e. The van der Waals surface area contributed by atoms with Gasteiger partial charge >= 0.3 is 0 Å². The van der Waals surface area contributed by atoms with E-state index in [0.717, 1.165) is 44.5 Å². The van der Waals surface area contributed by atoms with E-state index in [1.165, 1.54) is 0 Å². The summed E-state index contributed by atoms with van der Waals surface area (Å²) in [7, 11) is 1.59. The predicted molar refractivity (Wildman–Crippen MR) is 141 cm³/mol. The second kappa shape index (κ2) is 13.1. The molecule has 1 atom stereocenters. The molecule has 194 valence electrons. The molecule has 2 aromatic rings. The van der Waals surface area contributed by atoms with Crippen LogP contribution in [0.25, 0.3) is 5.76 Å². The van der Waals surface area contributed by atoms with Crippen LogP contribution < -0.4 is 9.47 Å². The highest BCUT2D eigenvalue weighted by atomic mass is 16.5. The average molecular weight is 495 g/mol. The number of hydrogen-bond donors (Lipinski definition) is 1. The van der Waals surface area contributed by atoms with Crippen molar-refractivity contribution in [1.82, 2.24) is 9.80 Å². The maximum absolute atomic E-state index is 13.3. The van der Waals surface area contributed by atoms with Gasteiger partial charge in [-0.25, -0.2) is 0 Å². The number of carbonyl (C=O) groups is 2. The molecule has 7 nitrogen and oxygen atoms in total. The highest BCUT2D eigenvalue weighted by Gasteiger charge is 2.45. The first kappa shape index (κ1) is 27.3. The Balaban J connectivity index is 1.99. The fourth-order valence-electron chi connectivity index (χ4n) is 4.47. The summed E-state index contributed by atoms with van der Waals surface area (Å²) in [5.41, 5.74) is 1.29. The molecule has 1 aliphatic heterocycles. The number of hydrogen-bond acceptors (Lipinski definition) is 6. The van der Waals surface area contributed by atoms with E-state index in [1.54, 1.807) is 42.3 Å². The van der Waals surface area contributed by atoms with Crippen molar-refractivity contribution < 1.29 is 24.2 Å². The molecular formula is C29H38N2O5.